The van der Waals surface area contributed by atoms with Crippen molar-refractivity contribution in [1.82, 2.24) is 25.6 Å². The van der Waals surface area contributed by atoms with E-state index in [0.717, 1.165) is 0 Å². The number of amides is 2. The quantitative estimate of drug-likeness (QED) is 0.184. The number of aromatic amines is 1. The molecular formula is C28H29ClF6N6O3. The van der Waals surface area contributed by atoms with Crippen molar-refractivity contribution in [3.63, 3.8) is 0 Å². The standard InChI is InChI=1S/C28H29ClF6N6O3/c29-18-6-1-14(13-36-25(43)27(7-8-27)28(33,34)35)11-19(18)38-26-39-20-12-17(24(44-10-9-30)40-22(20)41-26)23(42)37-16-4-2-15(3-5-16)21(31)32/h1,6,11-12,15-16,21H,2-5,7-10,13H2,(H,36,43)(H,37,42)(H2,38,39,40,41). The van der Waals surface area contributed by atoms with Crippen molar-refractivity contribution in [2.75, 3.05) is 18.6 Å². The maximum absolute atomic E-state index is 13.2. The van der Waals surface area contributed by atoms with Crippen LogP contribution in [-0.2, 0) is 11.3 Å². The SMILES string of the molecule is O=C(NC1CCC(C(F)F)CC1)c1cc2[nH]c(Nc3cc(CNC(=O)C4(C(F)(F)F)CC4)ccc3Cl)nc2nc1OCCF. The molecule has 2 heterocycles. The first-order valence-corrected chi connectivity index (χ1v) is 14.4. The topological polar surface area (TPSA) is 121 Å². The molecule has 2 fully saturated rings. The van der Waals surface area contributed by atoms with Crippen molar-refractivity contribution in [1.29, 1.82) is 0 Å². The molecular weight excluding hydrogens is 618 g/mol. The lowest BCUT2D eigenvalue weighted by molar-refractivity contribution is -0.192. The minimum atomic E-state index is -4.62. The fourth-order valence-corrected chi connectivity index (χ4v) is 5.36. The normalized spacial score (nSPS) is 19.5. The molecule has 5 rings (SSSR count). The molecule has 1 aromatic carbocycles. The number of imidazole rings is 1. The van der Waals surface area contributed by atoms with Gasteiger partial charge in [-0.15, -0.1) is 0 Å². The van der Waals surface area contributed by atoms with E-state index in [-0.39, 0.29) is 72.9 Å². The van der Waals surface area contributed by atoms with Crippen LogP contribution in [-0.4, -0.2) is 58.7 Å². The third-order valence-corrected chi connectivity index (χ3v) is 8.26. The number of carbonyl (C=O) groups is 2. The number of anilines is 2. The average Bonchev–Trinajstić information content (AvgIpc) is 3.72. The fraction of sp³-hybridized carbons (Fsp3) is 0.500. The molecule has 0 unspecified atom stereocenters. The Kier molecular flexibility index (Phi) is 9.14. The van der Waals surface area contributed by atoms with Crippen LogP contribution in [0.5, 0.6) is 5.88 Å². The van der Waals surface area contributed by atoms with E-state index in [9.17, 15) is 35.9 Å². The largest absolute Gasteiger partial charge is 0.474 e. The predicted octanol–water partition coefficient (Wildman–Crippen LogP) is 6.22. The second-order valence-electron chi connectivity index (χ2n) is 11.0. The molecule has 2 amide bonds. The van der Waals surface area contributed by atoms with Gasteiger partial charge in [0.2, 0.25) is 24.2 Å². The summed E-state index contributed by atoms with van der Waals surface area (Å²) in [5, 5.41) is 8.36. The molecule has 0 aliphatic heterocycles. The first kappa shape index (κ1) is 31.7. The zero-order valence-corrected chi connectivity index (χ0v) is 23.9. The Labute approximate surface area is 252 Å². The van der Waals surface area contributed by atoms with Crippen LogP contribution in [0.4, 0.5) is 38.0 Å². The van der Waals surface area contributed by atoms with Gasteiger partial charge in [0.1, 0.15) is 24.3 Å². The minimum absolute atomic E-state index is 0.000181. The van der Waals surface area contributed by atoms with Gasteiger partial charge in [0.15, 0.2) is 5.65 Å². The number of alkyl halides is 6. The van der Waals surface area contributed by atoms with E-state index in [1.807, 2.05) is 0 Å². The first-order chi connectivity index (χ1) is 20.9. The summed E-state index contributed by atoms with van der Waals surface area (Å²) in [6.07, 6.45) is -6.17. The van der Waals surface area contributed by atoms with Crippen molar-refractivity contribution in [2.24, 2.45) is 11.3 Å². The Morgan fingerprint density at radius 2 is 1.84 bits per heavy atom. The summed E-state index contributed by atoms with van der Waals surface area (Å²) in [5.74, 6) is -2.35. The summed E-state index contributed by atoms with van der Waals surface area (Å²) >= 11 is 6.31. The zero-order valence-electron chi connectivity index (χ0n) is 23.2. The molecule has 2 aliphatic carbocycles. The van der Waals surface area contributed by atoms with E-state index in [2.05, 4.69) is 30.9 Å². The van der Waals surface area contributed by atoms with Gasteiger partial charge in [-0.25, -0.2) is 13.2 Å². The van der Waals surface area contributed by atoms with Crippen molar-refractivity contribution >= 4 is 46.2 Å². The van der Waals surface area contributed by atoms with E-state index in [1.54, 1.807) is 6.07 Å². The summed E-state index contributed by atoms with van der Waals surface area (Å²) in [4.78, 5) is 36.9. The highest BCUT2D eigenvalue weighted by atomic mass is 35.5. The van der Waals surface area contributed by atoms with Gasteiger partial charge in [-0.1, -0.05) is 17.7 Å². The highest BCUT2D eigenvalue weighted by Gasteiger charge is 2.68. The molecule has 2 aliphatic rings. The summed E-state index contributed by atoms with van der Waals surface area (Å²) in [7, 11) is 0. The molecule has 0 spiro atoms. The fourth-order valence-electron chi connectivity index (χ4n) is 5.19. The van der Waals surface area contributed by atoms with Gasteiger partial charge in [-0.2, -0.15) is 23.1 Å². The van der Waals surface area contributed by atoms with Crippen LogP contribution in [0, 0.1) is 11.3 Å². The number of rotatable bonds is 11. The Hall–Kier alpha value is -3.75. The van der Waals surface area contributed by atoms with Crippen molar-refractivity contribution in [2.45, 2.75) is 63.7 Å². The van der Waals surface area contributed by atoms with Crippen LogP contribution in [0.1, 0.15) is 54.4 Å². The van der Waals surface area contributed by atoms with Gasteiger partial charge in [-0.3, -0.25) is 9.59 Å². The summed E-state index contributed by atoms with van der Waals surface area (Å²) in [6, 6.07) is 5.71. The van der Waals surface area contributed by atoms with E-state index in [1.165, 1.54) is 18.2 Å². The Balaban J connectivity index is 1.30. The molecule has 238 valence electrons. The molecule has 0 bridgehead atoms. The molecule has 44 heavy (non-hydrogen) atoms. The second-order valence-corrected chi connectivity index (χ2v) is 11.4. The van der Waals surface area contributed by atoms with Crippen LogP contribution in [0.25, 0.3) is 11.2 Å². The second kappa shape index (κ2) is 12.7. The third kappa shape index (κ3) is 6.81. The molecule has 0 radical (unpaired) electrons. The van der Waals surface area contributed by atoms with Crippen LogP contribution in [0.2, 0.25) is 5.02 Å². The number of nitrogens with zero attached hydrogens (tertiary/aromatic N) is 2. The number of nitrogens with one attached hydrogen (secondary N) is 4. The molecule has 9 nitrogen and oxygen atoms in total. The molecule has 4 N–H and O–H groups in total. The highest BCUT2D eigenvalue weighted by Crippen LogP contribution is 2.57. The number of hydrogen-bond donors (Lipinski definition) is 4. The van der Waals surface area contributed by atoms with Crippen molar-refractivity contribution in [3.8, 4) is 5.88 Å². The molecule has 2 aromatic heterocycles. The number of H-pyrrole nitrogens is 1. The maximum Gasteiger partial charge on any atom is 0.403 e. The summed E-state index contributed by atoms with van der Waals surface area (Å²) in [6.45, 7) is -1.36. The van der Waals surface area contributed by atoms with Gasteiger partial charge in [0.25, 0.3) is 5.91 Å². The van der Waals surface area contributed by atoms with Gasteiger partial charge < -0.3 is 25.7 Å². The predicted molar refractivity (Wildman–Crippen MR) is 149 cm³/mol. The number of hydrogen-bond acceptors (Lipinski definition) is 6. The molecule has 0 saturated heterocycles. The smallest absolute Gasteiger partial charge is 0.403 e. The number of pyridine rings is 1. The molecule has 3 aromatic rings. The zero-order chi connectivity index (χ0) is 31.6. The number of carbonyl (C=O) groups excluding carboxylic acids is 2. The third-order valence-electron chi connectivity index (χ3n) is 7.93. The minimum Gasteiger partial charge on any atom is -0.474 e. The number of aromatic nitrogens is 3. The number of halogens is 7. The van der Waals surface area contributed by atoms with Crippen LogP contribution < -0.4 is 20.7 Å². The lowest BCUT2D eigenvalue weighted by Crippen LogP contribution is -2.40. The van der Waals surface area contributed by atoms with Crippen molar-refractivity contribution < 1.29 is 40.7 Å². The number of fused-ring (bicyclic) bond motifs is 1. The average molecular weight is 647 g/mol. The number of ether oxygens (including phenoxy) is 1. The Morgan fingerprint density at radius 3 is 2.48 bits per heavy atom. The van der Waals surface area contributed by atoms with E-state index >= 15 is 0 Å². The lowest BCUT2D eigenvalue weighted by Gasteiger charge is -2.28. The first-order valence-electron chi connectivity index (χ1n) is 14.0. The van der Waals surface area contributed by atoms with Crippen molar-refractivity contribution in [3.05, 3.63) is 40.4 Å². The van der Waals surface area contributed by atoms with Gasteiger partial charge in [0, 0.05) is 18.5 Å². The Bertz CT molecular complexity index is 1520. The van der Waals surface area contributed by atoms with Gasteiger partial charge >= 0.3 is 6.18 Å². The van der Waals surface area contributed by atoms with E-state index < -0.39 is 42.4 Å². The van der Waals surface area contributed by atoms with E-state index in [0.29, 0.717) is 29.6 Å². The van der Waals surface area contributed by atoms with Crippen LogP contribution in [0.15, 0.2) is 24.3 Å². The summed E-state index contributed by atoms with van der Waals surface area (Å²) in [5.41, 5.74) is -1.11. The van der Waals surface area contributed by atoms with E-state index in [4.69, 9.17) is 16.3 Å². The van der Waals surface area contributed by atoms with Gasteiger partial charge in [-0.05, 0) is 62.3 Å². The maximum atomic E-state index is 13.2. The monoisotopic (exact) mass is 646 g/mol. The lowest BCUT2D eigenvalue weighted by atomic mass is 9.86. The summed E-state index contributed by atoms with van der Waals surface area (Å²) < 4.78 is 84.0. The highest BCUT2D eigenvalue weighted by molar-refractivity contribution is 6.33. The molecule has 16 heteroatoms. The Morgan fingerprint density at radius 1 is 1.11 bits per heavy atom. The van der Waals surface area contributed by atoms with Gasteiger partial charge in [0.05, 0.1) is 16.2 Å². The molecule has 2 saturated carbocycles. The van der Waals surface area contributed by atoms with Crippen LogP contribution >= 0.6 is 11.6 Å². The number of benzene rings is 1. The van der Waals surface area contributed by atoms with Crippen LogP contribution in [0.3, 0.4) is 0 Å². The molecule has 0 atom stereocenters.